The predicted molar refractivity (Wildman–Crippen MR) is 92.8 cm³/mol. The van der Waals surface area contributed by atoms with Crippen molar-refractivity contribution in [3.8, 4) is 0 Å². The molecule has 1 atom stereocenters. The Morgan fingerprint density at radius 3 is 2.20 bits per heavy atom. The van der Waals surface area contributed by atoms with Gasteiger partial charge < -0.3 is 10.5 Å². The van der Waals surface area contributed by atoms with Crippen molar-refractivity contribution in [3.05, 3.63) is 33.4 Å². The minimum Gasteiger partial charge on any atom is -0.377 e. The number of ether oxygens (including phenoxy) is 1. The third-order valence-corrected chi connectivity index (χ3v) is 5.62. The summed E-state index contributed by atoms with van der Waals surface area (Å²) in [5.74, 6) is 0. The van der Waals surface area contributed by atoms with Crippen LogP contribution >= 0.6 is 22.6 Å². The molecule has 0 heterocycles. The average molecular weight is 387 g/mol. The van der Waals surface area contributed by atoms with Gasteiger partial charge in [-0.25, -0.2) is 0 Å². The first-order valence-corrected chi connectivity index (χ1v) is 8.50. The maximum Gasteiger partial charge on any atom is 0.0832 e. The van der Waals surface area contributed by atoms with E-state index in [1.165, 1.54) is 22.0 Å². The third kappa shape index (κ3) is 3.74. The van der Waals surface area contributed by atoms with Crippen LogP contribution in [0, 0.1) is 8.99 Å². The second kappa shape index (κ2) is 6.32. The smallest absolute Gasteiger partial charge is 0.0832 e. The molecule has 0 aromatic heterocycles. The summed E-state index contributed by atoms with van der Waals surface area (Å²) in [4.78, 5) is 0. The summed E-state index contributed by atoms with van der Waals surface area (Å²) in [6.07, 6.45) is 5.43. The predicted octanol–water partition coefficient (Wildman–Crippen LogP) is 4.15. The third-order valence-electron chi connectivity index (χ3n) is 4.90. The molecule has 0 radical (unpaired) electrons. The van der Waals surface area contributed by atoms with E-state index >= 15 is 0 Å². The number of hydrogen-bond acceptors (Lipinski definition) is 2. The largest absolute Gasteiger partial charge is 0.377 e. The first-order chi connectivity index (χ1) is 9.37. The summed E-state index contributed by atoms with van der Waals surface area (Å²) in [5, 5.41) is 0. The van der Waals surface area contributed by atoms with E-state index in [4.69, 9.17) is 10.5 Å². The van der Waals surface area contributed by atoms with Crippen LogP contribution in [-0.2, 0) is 11.2 Å². The van der Waals surface area contributed by atoms with Crippen molar-refractivity contribution in [3.63, 3.8) is 0 Å². The highest BCUT2D eigenvalue weighted by atomic mass is 127. The highest BCUT2D eigenvalue weighted by Crippen LogP contribution is 2.43. The van der Waals surface area contributed by atoms with Gasteiger partial charge in [-0.15, -0.1) is 0 Å². The molecule has 1 fully saturated rings. The number of hydrogen-bond donors (Lipinski definition) is 1. The van der Waals surface area contributed by atoms with Crippen LogP contribution in [0.4, 0.5) is 0 Å². The van der Waals surface area contributed by atoms with Gasteiger partial charge in [0.15, 0.2) is 0 Å². The van der Waals surface area contributed by atoms with Crippen LogP contribution in [-0.4, -0.2) is 18.8 Å². The lowest BCUT2D eigenvalue weighted by Gasteiger charge is -2.46. The van der Waals surface area contributed by atoms with Gasteiger partial charge in [-0.05, 0) is 77.8 Å². The van der Waals surface area contributed by atoms with Crippen LogP contribution in [0.5, 0.6) is 0 Å². The first kappa shape index (κ1) is 16.2. The van der Waals surface area contributed by atoms with Crippen molar-refractivity contribution < 1.29 is 4.74 Å². The molecular formula is C17H26INO. The normalized spacial score (nSPS) is 22.4. The minimum atomic E-state index is -0.140. The Labute approximate surface area is 136 Å². The molecule has 1 aromatic rings. The molecule has 112 valence electrons. The molecule has 1 aliphatic rings. The number of rotatable bonds is 4. The van der Waals surface area contributed by atoms with Gasteiger partial charge in [-0.1, -0.05) is 26.0 Å². The van der Waals surface area contributed by atoms with Crippen LogP contribution in [0.1, 0.15) is 45.1 Å². The van der Waals surface area contributed by atoms with Crippen molar-refractivity contribution in [1.82, 2.24) is 0 Å². The van der Waals surface area contributed by atoms with Gasteiger partial charge in [0.25, 0.3) is 0 Å². The van der Waals surface area contributed by atoms with Crippen LogP contribution in [0.2, 0.25) is 0 Å². The second-order valence-corrected chi connectivity index (χ2v) is 8.12. The maximum atomic E-state index is 6.53. The molecule has 2 N–H and O–H groups in total. The molecule has 1 unspecified atom stereocenters. The molecule has 1 saturated carbocycles. The van der Waals surface area contributed by atoms with Crippen LogP contribution in [0.15, 0.2) is 24.3 Å². The average Bonchev–Trinajstić information content (AvgIpc) is 2.42. The van der Waals surface area contributed by atoms with E-state index in [1.807, 2.05) is 7.11 Å². The Hall–Kier alpha value is -0.130. The molecule has 0 saturated heterocycles. The number of methoxy groups -OCH3 is 1. The molecule has 2 nitrogen and oxygen atoms in total. The van der Waals surface area contributed by atoms with Crippen LogP contribution in [0.25, 0.3) is 0 Å². The van der Waals surface area contributed by atoms with Gasteiger partial charge in [-0.3, -0.25) is 0 Å². The quantitative estimate of drug-likeness (QED) is 0.788. The number of halogens is 1. The summed E-state index contributed by atoms with van der Waals surface area (Å²) in [6.45, 7) is 4.69. The Morgan fingerprint density at radius 1 is 1.15 bits per heavy atom. The standard InChI is InChI=1S/C17H26INO/c1-16(2)8-10-17(20-3,11-9-16)15(19)12-13-4-6-14(18)7-5-13/h4-7,15H,8-12,19H2,1-3H3. The fourth-order valence-corrected chi connectivity index (χ4v) is 3.50. The maximum absolute atomic E-state index is 6.53. The first-order valence-electron chi connectivity index (χ1n) is 7.42. The Bertz CT molecular complexity index is 431. The van der Waals surface area contributed by atoms with Crippen LogP contribution in [0.3, 0.4) is 0 Å². The van der Waals surface area contributed by atoms with E-state index < -0.39 is 0 Å². The summed E-state index contributed by atoms with van der Waals surface area (Å²) in [6, 6.07) is 8.72. The van der Waals surface area contributed by atoms with E-state index in [0.29, 0.717) is 5.41 Å². The molecule has 0 spiro atoms. The van der Waals surface area contributed by atoms with E-state index in [2.05, 4.69) is 60.7 Å². The number of benzene rings is 1. The topological polar surface area (TPSA) is 35.2 Å². The highest BCUT2D eigenvalue weighted by molar-refractivity contribution is 14.1. The van der Waals surface area contributed by atoms with Gasteiger partial charge in [0.1, 0.15) is 0 Å². The second-order valence-electron chi connectivity index (χ2n) is 6.87. The SMILES string of the molecule is COC1(C(N)Cc2ccc(I)cc2)CCC(C)(C)CC1. The lowest BCUT2D eigenvalue weighted by Crippen LogP contribution is -2.53. The fourth-order valence-electron chi connectivity index (χ4n) is 3.14. The molecule has 0 aliphatic heterocycles. The monoisotopic (exact) mass is 387 g/mol. The van der Waals surface area contributed by atoms with Crippen molar-refractivity contribution in [2.75, 3.05) is 7.11 Å². The summed E-state index contributed by atoms with van der Waals surface area (Å²) in [7, 11) is 1.83. The Morgan fingerprint density at radius 2 is 1.70 bits per heavy atom. The highest BCUT2D eigenvalue weighted by Gasteiger charge is 2.42. The van der Waals surface area contributed by atoms with Gasteiger partial charge in [0, 0.05) is 16.7 Å². The molecule has 2 rings (SSSR count). The van der Waals surface area contributed by atoms with Crippen molar-refractivity contribution in [1.29, 1.82) is 0 Å². The van der Waals surface area contributed by atoms with Crippen molar-refractivity contribution in [2.45, 2.75) is 57.6 Å². The molecule has 3 heteroatoms. The van der Waals surface area contributed by atoms with E-state index in [0.717, 1.165) is 19.3 Å². The Kier molecular flexibility index (Phi) is 5.14. The van der Waals surface area contributed by atoms with Crippen LogP contribution < -0.4 is 5.73 Å². The molecule has 0 amide bonds. The molecule has 20 heavy (non-hydrogen) atoms. The van der Waals surface area contributed by atoms with Gasteiger partial charge >= 0.3 is 0 Å². The fraction of sp³-hybridized carbons (Fsp3) is 0.647. The van der Waals surface area contributed by atoms with E-state index in [1.54, 1.807) is 0 Å². The molecular weight excluding hydrogens is 361 g/mol. The molecule has 1 aliphatic carbocycles. The zero-order chi connectivity index (χ0) is 14.8. The molecule has 0 bridgehead atoms. The van der Waals surface area contributed by atoms with Crippen molar-refractivity contribution in [2.24, 2.45) is 11.1 Å². The summed E-state index contributed by atoms with van der Waals surface area (Å²) >= 11 is 2.33. The zero-order valence-electron chi connectivity index (χ0n) is 12.8. The molecule has 1 aromatic carbocycles. The lowest BCUT2D eigenvalue weighted by molar-refractivity contribution is -0.0781. The van der Waals surface area contributed by atoms with Gasteiger partial charge in [-0.2, -0.15) is 0 Å². The zero-order valence-corrected chi connectivity index (χ0v) is 14.9. The Balaban J connectivity index is 2.06. The summed E-state index contributed by atoms with van der Waals surface area (Å²) in [5.41, 5.74) is 8.13. The minimum absolute atomic E-state index is 0.0728. The van der Waals surface area contributed by atoms with Gasteiger partial charge in [0.2, 0.25) is 0 Å². The lowest BCUT2D eigenvalue weighted by atomic mass is 9.68. The van der Waals surface area contributed by atoms with E-state index in [9.17, 15) is 0 Å². The van der Waals surface area contributed by atoms with Gasteiger partial charge in [0.05, 0.1) is 5.60 Å². The summed E-state index contributed by atoms with van der Waals surface area (Å²) < 4.78 is 7.17. The van der Waals surface area contributed by atoms with E-state index in [-0.39, 0.29) is 11.6 Å². The number of nitrogens with two attached hydrogens (primary N) is 1. The van der Waals surface area contributed by atoms with Crippen molar-refractivity contribution >= 4 is 22.6 Å².